The minimum absolute atomic E-state index is 0. The second-order valence-corrected chi connectivity index (χ2v) is 7.21. The highest BCUT2D eigenvalue weighted by molar-refractivity contribution is 6.42. The van der Waals surface area contributed by atoms with Crippen molar-refractivity contribution in [1.29, 1.82) is 0 Å². The quantitative estimate of drug-likeness (QED) is 0.389. The predicted molar refractivity (Wildman–Crippen MR) is 118 cm³/mol. The van der Waals surface area contributed by atoms with E-state index in [4.69, 9.17) is 32.4 Å². The van der Waals surface area contributed by atoms with Gasteiger partial charge in [0.2, 0.25) is 17.7 Å². The lowest BCUT2D eigenvalue weighted by molar-refractivity contribution is 0.158. The van der Waals surface area contributed by atoms with Crippen molar-refractivity contribution in [2.75, 3.05) is 12.4 Å². The molecule has 1 aromatic carbocycles. The van der Waals surface area contributed by atoms with Crippen LogP contribution in [-0.2, 0) is 30.9 Å². The molecule has 0 amide bonds. The first-order valence-corrected chi connectivity index (χ1v) is 9.73. The zero-order valence-corrected chi connectivity index (χ0v) is 18.6. The number of ether oxygens (including phenoxy) is 1. The molecule has 0 saturated carbocycles. The number of benzene rings is 1. The van der Waals surface area contributed by atoms with E-state index < -0.39 is 0 Å². The molecule has 10 nitrogen and oxygen atoms in total. The summed E-state index contributed by atoms with van der Waals surface area (Å²) in [6, 6.07) is 5.30. The van der Waals surface area contributed by atoms with Gasteiger partial charge in [0.1, 0.15) is 12.1 Å². The Labute approximate surface area is 192 Å². The topological polar surface area (TPSA) is 124 Å². The van der Waals surface area contributed by atoms with Gasteiger partial charge in [-0.1, -0.05) is 29.3 Å². The van der Waals surface area contributed by atoms with E-state index in [1.54, 1.807) is 30.1 Å². The minimum Gasteiger partial charge on any atom is -0.423 e. The van der Waals surface area contributed by atoms with E-state index in [9.17, 15) is 4.79 Å². The molecular formula is C18H18Cl3N7O3. The summed E-state index contributed by atoms with van der Waals surface area (Å²) in [5, 5.41) is 16.1. The molecule has 0 aliphatic carbocycles. The summed E-state index contributed by atoms with van der Waals surface area (Å²) in [5.74, 6) is 1.17. The van der Waals surface area contributed by atoms with Gasteiger partial charge in [-0.2, -0.15) is 5.10 Å². The summed E-state index contributed by atoms with van der Waals surface area (Å²) in [4.78, 5) is 19.7. The van der Waals surface area contributed by atoms with E-state index in [0.29, 0.717) is 58.3 Å². The third-order valence-electron chi connectivity index (χ3n) is 4.26. The van der Waals surface area contributed by atoms with Crippen molar-refractivity contribution in [2.24, 2.45) is 0 Å². The van der Waals surface area contributed by atoms with Gasteiger partial charge in [0, 0.05) is 20.1 Å². The largest absolute Gasteiger partial charge is 0.423 e. The van der Waals surface area contributed by atoms with E-state index >= 15 is 0 Å². The number of hydrogen-bond acceptors (Lipinski definition) is 8. The molecule has 164 valence electrons. The Bertz CT molecular complexity index is 1240. The first-order valence-electron chi connectivity index (χ1n) is 8.97. The van der Waals surface area contributed by atoms with Gasteiger partial charge < -0.3 is 14.5 Å². The molecule has 0 atom stereocenters. The maximum atomic E-state index is 12.6. The van der Waals surface area contributed by atoms with E-state index in [0.717, 1.165) is 5.56 Å². The van der Waals surface area contributed by atoms with Crippen molar-refractivity contribution in [3.63, 3.8) is 0 Å². The standard InChI is InChI=1S/C18H17Cl2N7O3.ClH/c1-29-9-15-26-25-14(30-15)4-5-27-16-13(8-22-27)23-18(24-17(16)28)21-7-10-2-3-11(19)12(20)6-10;/h2-3,6,8H,4-5,7,9H2,1H3,(H2,21,23,24,28);1H. The van der Waals surface area contributed by atoms with Crippen LogP contribution in [0.1, 0.15) is 17.3 Å². The lowest BCUT2D eigenvalue weighted by Gasteiger charge is -2.07. The number of methoxy groups -OCH3 is 1. The highest BCUT2D eigenvalue weighted by Gasteiger charge is 2.12. The second kappa shape index (κ2) is 10.1. The Balaban J connectivity index is 0.00000272. The monoisotopic (exact) mass is 485 g/mol. The fraction of sp³-hybridized carbons (Fsp3) is 0.278. The normalized spacial score (nSPS) is 10.9. The summed E-state index contributed by atoms with van der Waals surface area (Å²) in [5.41, 5.74) is 1.43. The summed E-state index contributed by atoms with van der Waals surface area (Å²) in [6.45, 7) is 1.05. The molecule has 4 rings (SSSR count). The van der Waals surface area contributed by atoms with E-state index in [1.165, 1.54) is 0 Å². The molecular weight excluding hydrogens is 469 g/mol. The Morgan fingerprint density at radius 2 is 2.03 bits per heavy atom. The Morgan fingerprint density at radius 3 is 2.81 bits per heavy atom. The second-order valence-electron chi connectivity index (χ2n) is 6.39. The number of hydrogen-bond donors (Lipinski definition) is 2. The summed E-state index contributed by atoms with van der Waals surface area (Å²) in [6.07, 6.45) is 1.96. The molecule has 0 bridgehead atoms. The van der Waals surface area contributed by atoms with Crippen LogP contribution in [0.15, 0.2) is 33.6 Å². The van der Waals surface area contributed by atoms with Gasteiger partial charge in [-0.05, 0) is 17.7 Å². The highest BCUT2D eigenvalue weighted by Crippen LogP contribution is 2.23. The zero-order valence-electron chi connectivity index (χ0n) is 16.3. The molecule has 3 aromatic heterocycles. The summed E-state index contributed by atoms with van der Waals surface area (Å²) >= 11 is 12.0. The van der Waals surface area contributed by atoms with Crippen LogP contribution in [0.3, 0.4) is 0 Å². The molecule has 0 aliphatic heterocycles. The van der Waals surface area contributed by atoms with Gasteiger partial charge in [0.15, 0.2) is 5.52 Å². The highest BCUT2D eigenvalue weighted by atomic mass is 35.5. The number of nitrogens with zero attached hydrogens (tertiary/aromatic N) is 5. The van der Waals surface area contributed by atoms with Crippen molar-refractivity contribution in [1.82, 2.24) is 29.9 Å². The number of aromatic nitrogens is 6. The molecule has 13 heteroatoms. The number of fused-ring (bicyclic) bond motifs is 1. The lowest BCUT2D eigenvalue weighted by atomic mass is 10.2. The number of H-pyrrole nitrogens is 1. The summed E-state index contributed by atoms with van der Waals surface area (Å²) < 4.78 is 12.0. The molecule has 0 spiro atoms. The first kappa shape index (κ1) is 23.0. The van der Waals surface area contributed by atoms with Crippen LogP contribution >= 0.6 is 35.6 Å². The van der Waals surface area contributed by atoms with Gasteiger partial charge in [-0.3, -0.25) is 14.5 Å². The van der Waals surface area contributed by atoms with Crippen LogP contribution in [0, 0.1) is 0 Å². The van der Waals surface area contributed by atoms with E-state index in [2.05, 4.69) is 30.6 Å². The van der Waals surface area contributed by atoms with E-state index in [1.807, 2.05) is 6.07 Å². The third kappa shape index (κ3) is 5.34. The number of aromatic amines is 1. The molecule has 2 N–H and O–H groups in total. The lowest BCUT2D eigenvalue weighted by Crippen LogP contribution is -2.16. The average molecular weight is 487 g/mol. The summed E-state index contributed by atoms with van der Waals surface area (Å²) in [7, 11) is 1.55. The van der Waals surface area contributed by atoms with Crippen LogP contribution < -0.4 is 10.9 Å². The van der Waals surface area contributed by atoms with Crippen LogP contribution in [0.25, 0.3) is 11.0 Å². The average Bonchev–Trinajstić information content (AvgIpc) is 3.34. The van der Waals surface area contributed by atoms with Crippen LogP contribution in [0.5, 0.6) is 0 Å². The fourth-order valence-corrected chi connectivity index (χ4v) is 3.19. The van der Waals surface area contributed by atoms with Crippen LogP contribution in [-0.4, -0.2) is 37.1 Å². The molecule has 0 aliphatic rings. The van der Waals surface area contributed by atoms with Gasteiger partial charge in [-0.15, -0.1) is 22.6 Å². The van der Waals surface area contributed by atoms with Crippen LogP contribution in [0.4, 0.5) is 5.95 Å². The van der Waals surface area contributed by atoms with E-state index in [-0.39, 0.29) is 24.6 Å². The Morgan fingerprint density at radius 1 is 1.23 bits per heavy atom. The zero-order chi connectivity index (χ0) is 21.1. The van der Waals surface area contributed by atoms with Crippen molar-refractivity contribution in [2.45, 2.75) is 26.1 Å². The molecule has 0 fully saturated rings. The molecule has 3 heterocycles. The van der Waals surface area contributed by atoms with Gasteiger partial charge >= 0.3 is 0 Å². The number of aryl methyl sites for hydroxylation is 2. The van der Waals surface area contributed by atoms with Gasteiger partial charge in [-0.25, -0.2) is 4.98 Å². The smallest absolute Gasteiger partial charge is 0.278 e. The van der Waals surface area contributed by atoms with Crippen molar-refractivity contribution in [3.8, 4) is 0 Å². The third-order valence-corrected chi connectivity index (χ3v) is 5.00. The van der Waals surface area contributed by atoms with Crippen molar-refractivity contribution >= 4 is 52.6 Å². The molecule has 4 aromatic rings. The Kier molecular flexibility index (Phi) is 7.50. The van der Waals surface area contributed by atoms with Crippen molar-refractivity contribution in [3.05, 3.63) is 62.1 Å². The fourth-order valence-electron chi connectivity index (χ4n) is 2.87. The van der Waals surface area contributed by atoms with Gasteiger partial charge in [0.05, 0.1) is 22.8 Å². The SMILES string of the molecule is COCc1nnc(CCn2ncc3nc(NCc4ccc(Cl)c(Cl)c4)[nH]c(=O)c32)o1.Cl. The molecule has 0 saturated heterocycles. The molecule has 0 unspecified atom stereocenters. The maximum Gasteiger partial charge on any atom is 0.278 e. The first-order chi connectivity index (χ1) is 14.5. The number of anilines is 1. The number of halogens is 3. The number of nitrogens with one attached hydrogen (secondary N) is 2. The molecule has 0 radical (unpaired) electrons. The predicted octanol–water partition coefficient (Wildman–Crippen LogP) is 3.23. The van der Waals surface area contributed by atoms with Crippen molar-refractivity contribution < 1.29 is 9.15 Å². The molecule has 31 heavy (non-hydrogen) atoms. The van der Waals surface area contributed by atoms with Gasteiger partial charge in [0.25, 0.3) is 5.56 Å². The Hall–Kier alpha value is -2.66. The number of rotatable bonds is 8. The van der Waals surface area contributed by atoms with Crippen LogP contribution in [0.2, 0.25) is 10.0 Å². The maximum absolute atomic E-state index is 12.6. The minimum atomic E-state index is -0.306.